The highest BCUT2D eigenvalue weighted by molar-refractivity contribution is 5.71. The number of allylic oxidation sites excluding steroid dienone is 18. The zero-order valence-corrected chi connectivity index (χ0v) is 45.5. The first-order valence-electron chi connectivity index (χ1n) is 29.0. The molecule has 0 aromatic rings. The van der Waals surface area contributed by atoms with E-state index in [0.717, 1.165) is 109 Å². The predicted octanol–water partition coefficient (Wildman–Crippen LogP) is 19.5. The molecule has 0 bridgehead atoms. The first-order valence-corrected chi connectivity index (χ1v) is 29.0. The molecule has 0 aliphatic heterocycles. The van der Waals surface area contributed by atoms with Crippen molar-refractivity contribution in [3.05, 3.63) is 109 Å². The molecule has 0 aliphatic rings. The summed E-state index contributed by atoms with van der Waals surface area (Å²) in [6.45, 7) is 6.43. The van der Waals surface area contributed by atoms with Gasteiger partial charge in [-0.1, -0.05) is 259 Å². The van der Waals surface area contributed by atoms with E-state index in [1.807, 2.05) is 18.2 Å². The summed E-state index contributed by atoms with van der Waals surface area (Å²) >= 11 is 0. The third kappa shape index (κ3) is 55.0. The van der Waals surface area contributed by atoms with E-state index >= 15 is 0 Å². The van der Waals surface area contributed by atoms with Gasteiger partial charge in [0.05, 0.1) is 0 Å². The molecule has 0 fully saturated rings. The number of esters is 3. The van der Waals surface area contributed by atoms with Crippen LogP contribution in [0.4, 0.5) is 0 Å². The Bertz CT molecular complexity index is 1440. The predicted molar refractivity (Wildman–Crippen MR) is 302 cm³/mol. The van der Waals surface area contributed by atoms with E-state index in [9.17, 15) is 14.4 Å². The average molecular weight is 972 g/mol. The zero-order chi connectivity index (χ0) is 50.7. The molecule has 0 heterocycles. The smallest absolute Gasteiger partial charge is 0.306 e. The number of unbranched alkanes of at least 4 members (excludes halogenated alkanes) is 28. The van der Waals surface area contributed by atoms with Crippen molar-refractivity contribution in [1.29, 1.82) is 0 Å². The Balaban J connectivity index is 4.48. The quantitative estimate of drug-likeness (QED) is 0.0199. The molecule has 0 aromatic heterocycles. The Kier molecular flexibility index (Phi) is 54.4. The van der Waals surface area contributed by atoms with E-state index in [-0.39, 0.29) is 31.1 Å². The standard InChI is InChI=1S/C64H106O6/c1-4-7-10-13-16-19-22-25-28-30-32-34-36-39-42-45-48-51-54-57-63(66)69-60-61(59-68-62(65)56-53-50-47-44-41-38-35-27-24-21-18-15-12-9-6-3)70-64(67)58-55-52-49-46-43-40-37-33-31-29-26-23-20-17-14-11-8-5-2/h9,12,15,17-18,20-21,23-24,26-27,29-33,35,37,61H,4-8,10-11,13-14,16,19,22,25,28,34,36,38-60H2,1-3H3/b12-9-,18-15-,20-17-,24-21-,26-23-,31-29-,32-30-,35-27-,37-33-. The molecule has 398 valence electrons. The van der Waals surface area contributed by atoms with Gasteiger partial charge < -0.3 is 14.2 Å². The van der Waals surface area contributed by atoms with Crippen LogP contribution in [0, 0.1) is 0 Å². The van der Waals surface area contributed by atoms with Crippen LogP contribution in [0.15, 0.2) is 109 Å². The van der Waals surface area contributed by atoms with Gasteiger partial charge in [-0.15, -0.1) is 0 Å². The lowest BCUT2D eigenvalue weighted by Gasteiger charge is -2.18. The van der Waals surface area contributed by atoms with Crippen molar-refractivity contribution in [1.82, 2.24) is 0 Å². The zero-order valence-electron chi connectivity index (χ0n) is 45.5. The molecule has 0 rings (SSSR count). The van der Waals surface area contributed by atoms with Gasteiger partial charge in [-0.05, 0) is 89.9 Å². The van der Waals surface area contributed by atoms with Crippen molar-refractivity contribution >= 4 is 17.9 Å². The van der Waals surface area contributed by atoms with E-state index < -0.39 is 6.10 Å². The number of hydrogen-bond acceptors (Lipinski definition) is 6. The van der Waals surface area contributed by atoms with Crippen LogP contribution in [0.3, 0.4) is 0 Å². The Morgan fingerprint density at radius 1 is 0.300 bits per heavy atom. The van der Waals surface area contributed by atoms with E-state index in [1.54, 1.807) is 0 Å². The highest BCUT2D eigenvalue weighted by atomic mass is 16.6. The Labute approximate surface area is 431 Å². The van der Waals surface area contributed by atoms with Crippen LogP contribution in [0.1, 0.15) is 258 Å². The van der Waals surface area contributed by atoms with Crippen LogP contribution < -0.4 is 0 Å². The minimum absolute atomic E-state index is 0.0994. The first kappa shape index (κ1) is 66.1. The van der Waals surface area contributed by atoms with Gasteiger partial charge in [-0.3, -0.25) is 14.4 Å². The summed E-state index contributed by atoms with van der Waals surface area (Å²) in [6, 6.07) is 0. The largest absolute Gasteiger partial charge is 0.462 e. The highest BCUT2D eigenvalue weighted by Gasteiger charge is 2.19. The van der Waals surface area contributed by atoms with Crippen LogP contribution in [0.2, 0.25) is 0 Å². The lowest BCUT2D eigenvalue weighted by molar-refractivity contribution is -0.167. The van der Waals surface area contributed by atoms with Crippen molar-refractivity contribution in [2.75, 3.05) is 13.2 Å². The normalized spacial score (nSPS) is 12.9. The Morgan fingerprint density at radius 2 is 0.571 bits per heavy atom. The molecule has 0 spiro atoms. The van der Waals surface area contributed by atoms with E-state index in [1.165, 1.54) is 109 Å². The minimum Gasteiger partial charge on any atom is -0.462 e. The molecule has 6 nitrogen and oxygen atoms in total. The molecular formula is C64H106O6. The lowest BCUT2D eigenvalue weighted by Crippen LogP contribution is -2.30. The van der Waals surface area contributed by atoms with Gasteiger partial charge in [0.2, 0.25) is 0 Å². The van der Waals surface area contributed by atoms with Gasteiger partial charge >= 0.3 is 17.9 Å². The second-order valence-electron chi connectivity index (χ2n) is 19.0. The van der Waals surface area contributed by atoms with Crippen molar-refractivity contribution in [3.8, 4) is 0 Å². The Hall–Kier alpha value is -3.93. The summed E-state index contributed by atoms with van der Waals surface area (Å²) in [6.07, 6.45) is 77.8. The van der Waals surface area contributed by atoms with Crippen LogP contribution in [-0.2, 0) is 28.6 Å². The van der Waals surface area contributed by atoms with Crippen molar-refractivity contribution in [2.45, 2.75) is 264 Å². The van der Waals surface area contributed by atoms with Gasteiger partial charge in [-0.25, -0.2) is 0 Å². The first-order chi connectivity index (χ1) is 34.5. The third-order valence-corrected chi connectivity index (χ3v) is 12.2. The molecule has 70 heavy (non-hydrogen) atoms. The SMILES string of the molecule is CC\C=C/C=C\C=C/C=C\CCCCCCCC(=O)OCC(COC(=O)CCCCCCCCC/C=C\CCCCCCCCCC)OC(=O)CCCCCCC\C=C/C=C\C=C/C=C\CCCCC. The monoisotopic (exact) mass is 971 g/mol. The van der Waals surface area contributed by atoms with Crippen LogP contribution in [-0.4, -0.2) is 37.2 Å². The van der Waals surface area contributed by atoms with Crippen LogP contribution >= 0.6 is 0 Å². The number of carbonyl (C=O) groups is 3. The van der Waals surface area contributed by atoms with Crippen molar-refractivity contribution in [2.24, 2.45) is 0 Å². The Morgan fingerprint density at radius 3 is 0.943 bits per heavy atom. The molecule has 0 radical (unpaired) electrons. The summed E-state index contributed by atoms with van der Waals surface area (Å²) in [5.41, 5.74) is 0. The fraction of sp³-hybridized carbons (Fsp3) is 0.672. The number of rotatable bonds is 51. The molecule has 0 aliphatic carbocycles. The van der Waals surface area contributed by atoms with Crippen LogP contribution in [0.5, 0.6) is 0 Å². The van der Waals surface area contributed by atoms with E-state index in [0.29, 0.717) is 19.3 Å². The second kappa shape index (κ2) is 57.6. The highest BCUT2D eigenvalue weighted by Crippen LogP contribution is 2.15. The summed E-state index contributed by atoms with van der Waals surface area (Å²) in [5.74, 6) is -0.949. The maximum Gasteiger partial charge on any atom is 0.306 e. The fourth-order valence-corrected chi connectivity index (χ4v) is 7.81. The lowest BCUT2D eigenvalue weighted by atomic mass is 10.1. The van der Waals surface area contributed by atoms with Crippen molar-refractivity contribution in [3.63, 3.8) is 0 Å². The maximum atomic E-state index is 12.9. The molecule has 0 saturated heterocycles. The number of carbonyl (C=O) groups excluding carboxylic acids is 3. The number of ether oxygens (including phenoxy) is 3. The minimum atomic E-state index is -0.805. The van der Waals surface area contributed by atoms with Gasteiger partial charge in [0.1, 0.15) is 13.2 Å². The molecular weight excluding hydrogens is 865 g/mol. The second-order valence-corrected chi connectivity index (χ2v) is 19.0. The summed E-state index contributed by atoms with van der Waals surface area (Å²) < 4.78 is 16.8. The molecule has 1 unspecified atom stereocenters. The molecule has 0 aromatic carbocycles. The summed E-state index contributed by atoms with van der Waals surface area (Å²) in [7, 11) is 0. The molecule has 6 heteroatoms. The summed E-state index contributed by atoms with van der Waals surface area (Å²) in [4.78, 5) is 38.2. The van der Waals surface area contributed by atoms with E-state index in [2.05, 4.69) is 112 Å². The van der Waals surface area contributed by atoms with Gasteiger partial charge in [0.25, 0.3) is 0 Å². The average Bonchev–Trinajstić information content (AvgIpc) is 3.36. The van der Waals surface area contributed by atoms with Crippen molar-refractivity contribution < 1.29 is 28.6 Å². The topological polar surface area (TPSA) is 78.9 Å². The summed E-state index contributed by atoms with van der Waals surface area (Å²) in [5, 5.41) is 0. The van der Waals surface area contributed by atoms with E-state index in [4.69, 9.17) is 14.2 Å². The third-order valence-electron chi connectivity index (χ3n) is 12.2. The number of hydrogen-bond donors (Lipinski definition) is 0. The molecule has 1 atom stereocenters. The molecule has 0 N–H and O–H groups in total. The maximum absolute atomic E-state index is 12.9. The van der Waals surface area contributed by atoms with Gasteiger partial charge in [-0.2, -0.15) is 0 Å². The van der Waals surface area contributed by atoms with Gasteiger partial charge in [0, 0.05) is 19.3 Å². The van der Waals surface area contributed by atoms with Gasteiger partial charge in [0.15, 0.2) is 6.10 Å². The molecule has 0 saturated carbocycles. The molecule has 0 amide bonds. The van der Waals surface area contributed by atoms with Crippen LogP contribution in [0.25, 0.3) is 0 Å². The fourth-order valence-electron chi connectivity index (χ4n) is 7.81.